The van der Waals surface area contributed by atoms with Gasteiger partial charge in [0, 0.05) is 21.8 Å². The van der Waals surface area contributed by atoms with Crippen LogP contribution in [0.1, 0.15) is 22.3 Å². The smallest absolute Gasteiger partial charge is 0.0296 e. The number of rotatable bonds is 2. The molecule has 2 rings (SSSR count). The lowest BCUT2D eigenvalue weighted by molar-refractivity contribution is 1.41. The van der Waals surface area contributed by atoms with Crippen molar-refractivity contribution in [3.63, 3.8) is 0 Å². The molecule has 0 aromatic heterocycles. The van der Waals surface area contributed by atoms with Gasteiger partial charge in [0.15, 0.2) is 0 Å². The molecule has 2 aromatic rings. The average molecular weight is 412 g/mol. The third-order valence-electron chi connectivity index (χ3n) is 2.90. The molecule has 0 heterocycles. The van der Waals surface area contributed by atoms with Gasteiger partial charge in [-0.2, -0.15) is 0 Å². The largest absolute Gasteiger partial charge is 0.0876 e. The van der Waals surface area contributed by atoms with Crippen molar-refractivity contribution in [3.05, 3.63) is 70.8 Å². The van der Waals surface area contributed by atoms with Gasteiger partial charge in [-0.15, -0.1) is 0 Å². The fourth-order valence-electron chi connectivity index (χ4n) is 1.78. The molecule has 2 heteroatoms. The normalized spacial score (nSPS) is 8.64. The molecule has 0 aliphatic rings. The van der Waals surface area contributed by atoms with E-state index in [9.17, 15) is 0 Å². The van der Waals surface area contributed by atoms with Gasteiger partial charge in [0.25, 0.3) is 0 Å². The minimum atomic E-state index is 0.786. The molecule has 0 amide bonds. The van der Waals surface area contributed by atoms with E-state index in [-0.39, 0.29) is 0 Å². The number of hydrogen-bond acceptors (Lipinski definition) is 0. The Hall–Kier alpha value is -1.92. The fraction of sp³-hybridized carbons (Fsp3) is 0.100. The van der Waals surface area contributed by atoms with Crippen LogP contribution in [-0.2, 0) is 10.7 Å². The second-order valence-corrected chi connectivity index (χ2v) is 5.45. The van der Waals surface area contributed by atoms with Crippen molar-refractivity contribution >= 4 is 31.9 Å². The van der Waals surface area contributed by atoms with Gasteiger partial charge in [-0.1, -0.05) is 80.1 Å². The first-order valence-electron chi connectivity index (χ1n) is 6.65. The van der Waals surface area contributed by atoms with Crippen LogP contribution in [0.3, 0.4) is 0 Å². The number of halogens is 2. The SMILES string of the molecule is BrCc1ccccc1C#CC#CC#Cc1ccccc1CBr. The predicted octanol–water partition coefficient (Wildman–Crippen LogP) is 4.88. The zero-order chi connectivity index (χ0) is 15.6. The van der Waals surface area contributed by atoms with Gasteiger partial charge in [0.05, 0.1) is 0 Å². The summed E-state index contributed by atoms with van der Waals surface area (Å²) in [5.41, 5.74) is 4.31. The summed E-state index contributed by atoms with van der Waals surface area (Å²) in [5.74, 6) is 17.4. The Morgan fingerprint density at radius 2 is 1.00 bits per heavy atom. The van der Waals surface area contributed by atoms with Crippen LogP contribution in [0.25, 0.3) is 0 Å². The van der Waals surface area contributed by atoms with Crippen molar-refractivity contribution in [1.82, 2.24) is 0 Å². The lowest BCUT2D eigenvalue weighted by atomic mass is 10.1. The number of alkyl halides is 2. The molecule has 2 aromatic carbocycles. The highest BCUT2D eigenvalue weighted by atomic mass is 79.9. The minimum absolute atomic E-state index is 0.786. The quantitative estimate of drug-likeness (QED) is 0.487. The zero-order valence-electron chi connectivity index (χ0n) is 11.8. The van der Waals surface area contributed by atoms with Gasteiger partial charge in [-0.05, 0) is 46.9 Å². The van der Waals surface area contributed by atoms with Crippen LogP contribution in [0.5, 0.6) is 0 Å². The van der Waals surface area contributed by atoms with Crippen LogP contribution in [0.15, 0.2) is 48.5 Å². The highest BCUT2D eigenvalue weighted by molar-refractivity contribution is 9.08. The second-order valence-electron chi connectivity index (χ2n) is 4.33. The van der Waals surface area contributed by atoms with Crippen molar-refractivity contribution < 1.29 is 0 Å². The molecular weight excluding hydrogens is 400 g/mol. The van der Waals surface area contributed by atoms with Crippen molar-refractivity contribution in [3.8, 4) is 35.5 Å². The van der Waals surface area contributed by atoms with E-state index in [4.69, 9.17) is 0 Å². The van der Waals surface area contributed by atoms with Gasteiger partial charge in [-0.3, -0.25) is 0 Å². The molecule has 0 unspecified atom stereocenters. The van der Waals surface area contributed by atoms with Crippen molar-refractivity contribution in [2.24, 2.45) is 0 Å². The Balaban J connectivity index is 2.11. The van der Waals surface area contributed by atoms with E-state index in [1.54, 1.807) is 0 Å². The molecule has 0 saturated heterocycles. The topological polar surface area (TPSA) is 0 Å². The number of hydrogen-bond donors (Lipinski definition) is 0. The summed E-state index contributed by atoms with van der Waals surface area (Å²) in [5, 5.41) is 1.57. The molecule has 0 N–H and O–H groups in total. The van der Waals surface area contributed by atoms with Crippen molar-refractivity contribution in [2.45, 2.75) is 10.7 Å². The first-order chi connectivity index (χ1) is 10.8. The highest BCUT2D eigenvalue weighted by Gasteiger charge is 1.95. The average Bonchev–Trinajstić information content (AvgIpc) is 2.58. The molecule has 0 radical (unpaired) electrons. The molecule has 0 spiro atoms. The summed E-state index contributed by atoms with van der Waals surface area (Å²) in [6, 6.07) is 16.0. The summed E-state index contributed by atoms with van der Waals surface area (Å²) >= 11 is 6.90. The first kappa shape index (κ1) is 16.5. The fourth-order valence-corrected chi connectivity index (χ4v) is 2.76. The Kier molecular flexibility index (Phi) is 6.86. The maximum absolute atomic E-state index is 3.45. The minimum Gasteiger partial charge on any atom is -0.0876 e. The Morgan fingerprint density at radius 1 is 0.591 bits per heavy atom. The van der Waals surface area contributed by atoms with Crippen molar-refractivity contribution in [2.75, 3.05) is 0 Å². The van der Waals surface area contributed by atoms with Gasteiger partial charge in [-0.25, -0.2) is 0 Å². The summed E-state index contributed by atoms with van der Waals surface area (Å²) in [6.07, 6.45) is 0. The Labute approximate surface area is 148 Å². The van der Waals surface area contributed by atoms with Gasteiger partial charge >= 0.3 is 0 Å². The summed E-state index contributed by atoms with van der Waals surface area (Å²) in [6.45, 7) is 0. The highest BCUT2D eigenvalue weighted by Crippen LogP contribution is 2.11. The Morgan fingerprint density at radius 3 is 1.41 bits per heavy atom. The third kappa shape index (κ3) is 4.82. The van der Waals surface area contributed by atoms with Crippen LogP contribution in [0.2, 0.25) is 0 Å². The molecule has 0 saturated carbocycles. The molecule has 0 atom stereocenters. The van der Waals surface area contributed by atoms with E-state index in [1.165, 1.54) is 0 Å². The van der Waals surface area contributed by atoms with Gasteiger partial charge < -0.3 is 0 Å². The molecule has 0 bridgehead atoms. The molecule has 0 aliphatic carbocycles. The molecule has 0 fully saturated rings. The van der Waals surface area contributed by atoms with E-state index in [1.807, 2.05) is 48.5 Å². The summed E-state index contributed by atoms with van der Waals surface area (Å²) < 4.78 is 0. The maximum atomic E-state index is 3.45. The van der Waals surface area contributed by atoms with Crippen LogP contribution in [-0.4, -0.2) is 0 Å². The van der Waals surface area contributed by atoms with E-state index in [0.29, 0.717) is 0 Å². The summed E-state index contributed by atoms with van der Waals surface area (Å²) in [7, 11) is 0. The lowest BCUT2D eigenvalue weighted by Gasteiger charge is -1.97. The zero-order valence-corrected chi connectivity index (χ0v) is 15.0. The van der Waals surface area contributed by atoms with E-state index in [2.05, 4.69) is 67.4 Å². The predicted molar refractivity (Wildman–Crippen MR) is 99.7 cm³/mol. The standard InChI is InChI=1S/C20H12Br2/c21-15-19-13-7-5-11-17(19)9-3-1-2-4-10-18-12-6-8-14-20(18)16-22/h5-8,11-14H,15-16H2. The summed E-state index contributed by atoms with van der Waals surface area (Å²) in [4.78, 5) is 0. The molecule has 0 aliphatic heterocycles. The van der Waals surface area contributed by atoms with Gasteiger partial charge in [0.1, 0.15) is 0 Å². The third-order valence-corrected chi connectivity index (χ3v) is 4.11. The van der Waals surface area contributed by atoms with Crippen LogP contribution in [0, 0.1) is 35.5 Å². The number of benzene rings is 2. The molecule has 106 valence electrons. The van der Waals surface area contributed by atoms with Crippen molar-refractivity contribution in [1.29, 1.82) is 0 Å². The monoisotopic (exact) mass is 410 g/mol. The second kappa shape index (κ2) is 9.17. The van der Waals surface area contributed by atoms with Crippen LogP contribution in [0.4, 0.5) is 0 Å². The molecular formula is C20H12Br2. The lowest BCUT2D eigenvalue weighted by Crippen LogP contribution is -1.83. The first-order valence-corrected chi connectivity index (χ1v) is 8.89. The molecule has 0 nitrogen and oxygen atoms in total. The van der Waals surface area contributed by atoms with E-state index < -0.39 is 0 Å². The van der Waals surface area contributed by atoms with Gasteiger partial charge in [0.2, 0.25) is 0 Å². The van der Waals surface area contributed by atoms with Crippen LogP contribution >= 0.6 is 31.9 Å². The Bertz CT molecular complexity index is 761. The van der Waals surface area contributed by atoms with E-state index in [0.717, 1.165) is 32.9 Å². The molecule has 22 heavy (non-hydrogen) atoms. The van der Waals surface area contributed by atoms with E-state index >= 15 is 0 Å². The maximum Gasteiger partial charge on any atom is 0.0296 e. The van der Waals surface area contributed by atoms with Crippen LogP contribution < -0.4 is 0 Å².